The maximum Gasteiger partial charge on any atom is 0.191 e. The van der Waals surface area contributed by atoms with Gasteiger partial charge < -0.3 is 10.1 Å². The maximum absolute atomic E-state index is 5.79. The Balaban J connectivity index is 1.46. The molecule has 0 saturated heterocycles. The molecule has 0 aromatic heterocycles. The van der Waals surface area contributed by atoms with Crippen LogP contribution in [0.1, 0.15) is 11.1 Å². The molecule has 0 saturated carbocycles. The Morgan fingerprint density at radius 1 is 0.963 bits per heavy atom. The third-order valence-corrected chi connectivity index (χ3v) is 4.33. The largest absolute Gasteiger partial charge is 0.489 e. The van der Waals surface area contributed by atoms with Crippen molar-refractivity contribution in [1.82, 2.24) is 5.43 Å². The third-order valence-electron chi connectivity index (χ3n) is 3.61. The zero-order valence-corrected chi connectivity index (χ0v) is 16.8. The Kier molecular flexibility index (Phi) is 6.96. The molecule has 6 heteroatoms. The molecule has 0 aliphatic carbocycles. The van der Waals surface area contributed by atoms with Gasteiger partial charge in [-0.25, -0.2) is 0 Å². The van der Waals surface area contributed by atoms with E-state index < -0.39 is 0 Å². The summed E-state index contributed by atoms with van der Waals surface area (Å²) in [6, 6.07) is 25.5. The van der Waals surface area contributed by atoms with Gasteiger partial charge in [0.05, 0.1) is 6.21 Å². The van der Waals surface area contributed by atoms with Crippen LogP contribution >= 0.6 is 28.1 Å². The number of nitrogens with zero attached hydrogens (tertiary/aromatic N) is 1. The van der Waals surface area contributed by atoms with Crippen molar-refractivity contribution in [3.63, 3.8) is 0 Å². The van der Waals surface area contributed by atoms with Gasteiger partial charge in [0.2, 0.25) is 0 Å². The lowest BCUT2D eigenvalue weighted by Gasteiger charge is -2.07. The molecule has 0 heterocycles. The number of benzene rings is 3. The Bertz CT molecular complexity index is 897. The number of ether oxygens (including phenoxy) is 1. The van der Waals surface area contributed by atoms with Crippen molar-refractivity contribution in [3.8, 4) is 5.75 Å². The van der Waals surface area contributed by atoms with Gasteiger partial charge >= 0.3 is 0 Å². The highest BCUT2D eigenvalue weighted by Crippen LogP contribution is 2.15. The smallest absolute Gasteiger partial charge is 0.191 e. The fourth-order valence-corrected chi connectivity index (χ4v) is 2.68. The average Bonchev–Trinajstić information content (AvgIpc) is 2.69. The van der Waals surface area contributed by atoms with Crippen molar-refractivity contribution in [3.05, 3.63) is 94.5 Å². The number of nitrogens with one attached hydrogen (secondary N) is 2. The van der Waals surface area contributed by atoms with E-state index in [1.807, 2.05) is 78.9 Å². The molecule has 3 aromatic rings. The summed E-state index contributed by atoms with van der Waals surface area (Å²) in [7, 11) is 0. The molecule has 0 aliphatic rings. The molecular weight excluding hydrogens is 422 g/mol. The van der Waals surface area contributed by atoms with E-state index in [4.69, 9.17) is 17.0 Å². The number of para-hydroxylation sites is 1. The molecule has 0 bridgehead atoms. The number of rotatable bonds is 6. The molecule has 4 nitrogen and oxygen atoms in total. The fraction of sp³-hybridized carbons (Fsp3) is 0.0476. The fourth-order valence-electron chi connectivity index (χ4n) is 2.24. The van der Waals surface area contributed by atoms with Crippen LogP contribution in [0.5, 0.6) is 5.75 Å². The highest BCUT2D eigenvalue weighted by Gasteiger charge is 1.98. The molecule has 27 heavy (non-hydrogen) atoms. The van der Waals surface area contributed by atoms with Gasteiger partial charge in [-0.3, -0.25) is 5.43 Å². The minimum Gasteiger partial charge on any atom is -0.489 e. The summed E-state index contributed by atoms with van der Waals surface area (Å²) in [6.07, 6.45) is 1.71. The first-order valence-corrected chi connectivity index (χ1v) is 9.51. The number of hydrogen-bond acceptors (Lipinski definition) is 3. The van der Waals surface area contributed by atoms with Gasteiger partial charge in [0.15, 0.2) is 5.11 Å². The summed E-state index contributed by atoms with van der Waals surface area (Å²) < 4.78 is 6.85. The first-order valence-electron chi connectivity index (χ1n) is 8.31. The summed E-state index contributed by atoms with van der Waals surface area (Å²) in [6.45, 7) is 0.529. The van der Waals surface area contributed by atoms with Crippen molar-refractivity contribution in [2.75, 3.05) is 5.32 Å². The Hall–Kier alpha value is -2.70. The SMILES string of the molecule is S=C(NN=Cc1ccc(OCc2ccc(Br)cc2)cc1)Nc1ccccc1. The number of anilines is 1. The summed E-state index contributed by atoms with van der Waals surface area (Å²) in [5, 5.41) is 7.64. The number of hydrogen-bond donors (Lipinski definition) is 2. The number of thiocarbonyl (C=S) groups is 1. The molecule has 0 radical (unpaired) electrons. The minimum absolute atomic E-state index is 0.437. The zero-order chi connectivity index (χ0) is 18.9. The summed E-state index contributed by atoms with van der Waals surface area (Å²) in [4.78, 5) is 0. The molecule has 0 amide bonds. The van der Waals surface area contributed by atoms with E-state index in [2.05, 4.69) is 31.8 Å². The predicted octanol–water partition coefficient (Wildman–Crippen LogP) is 5.35. The van der Waals surface area contributed by atoms with Gasteiger partial charge in [-0.05, 0) is 71.9 Å². The van der Waals surface area contributed by atoms with Crippen molar-refractivity contribution < 1.29 is 4.74 Å². The topological polar surface area (TPSA) is 45.7 Å². The lowest BCUT2D eigenvalue weighted by Crippen LogP contribution is -2.23. The first kappa shape index (κ1) is 19.1. The third kappa shape index (κ3) is 6.51. The molecule has 0 aliphatic heterocycles. The predicted molar refractivity (Wildman–Crippen MR) is 118 cm³/mol. The van der Waals surface area contributed by atoms with Gasteiger partial charge in [-0.15, -0.1) is 0 Å². The lowest BCUT2D eigenvalue weighted by atomic mass is 10.2. The summed E-state index contributed by atoms with van der Waals surface area (Å²) in [5.41, 5.74) is 5.78. The van der Waals surface area contributed by atoms with E-state index >= 15 is 0 Å². The van der Waals surface area contributed by atoms with Crippen molar-refractivity contribution in [1.29, 1.82) is 0 Å². The van der Waals surface area contributed by atoms with E-state index in [0.29, 0.717) is 11.7 Å². The Morgan fingerprint density at radius 3 is 2.37 bits per heavy atom. The molecule has 0 unspecified atom stereocenters. The molecule has 0 spiro atoms. The first-order chi connectivity index (χ1) is 13.2. The van der Waals surface area contributed by atoms with Crippen LogP contribution in [0.2, 0.25) is 0 Å². The van der Waals surface area contributed by atoms with Crippen LogP contribution in [-0.4, -0.2) is 11.3 Å². The molecule has 0 fully saturated rings. The standard InChI is InChI=1S/C21H18BrN3OS/c22-18-10-6-17(7-11-18)15-26-20-12-8-16(9-13-20)14-23-25-21(27)24-19-4-2-1-3-5-19/h1-14H,15H2,(H2,24,25,27). The Morgan fingerprint density at radius 2 is 1.67 bits per heavy atom. The van der Waals surface area contributed by atoms with Crippen molar-refractivity contribution in [2.45, 2.75) is 6.61 Å². The second-order valence-corrected chi connectivity index (χ2v) is 7.00. The molecular formula is C21H18BrN3OS. The van der Waals surface area contributed by atoms with Crippen LogP contribution < -0.4 is 15.5 Å². The number of halogens is 1. The van der Waals surface area contributed by atoms with Crippen LogP contribution in [0, 0.1) is 0 Å². The van der Waals surface area contributed by atoms with E-state index in [1.165, 1.54) is 0 Å². The quantitative estimate of drug-likeness (QED) is 0.308. The molecule has 136 valence electrons. The zero-order valence-electron chi connectivity index (χ0n) is 14.4. The maximum atomic E-state index is 5.79. The monoisotopic (exact) mass is 439 g/mol. The van der Waals surface area contributed by atoms with Crippen LogP contribution in [0.25, 0.3) is 0 Å². The van der Waals surface area contributed by atoms with E-state index in [-0.39, 0.29) is 0 Å². The van der Waals surface area contributed by atoms with Crippen LogP contribution in [0.4, 0.5) is 5.69 Å². The molecule has 0 atom stereocenters. The summed E-state index contributed by atoms with van der Waals surface area (Å²) in [5.74, 6) is 0.810. The highest BCUT2D eigenvalue weighted by molar-refractivity contribution is 9.10. The number of hydrazone groups is 1. The van der Waals surface area contributed by atoms with Gasteiger partial charge in [-0.2, -0.15) is 5.10 Å². The normalized spacial score (nSPS) is 10.6. The molecule has 2 N–H and O–H groups in total. The Labute approximate surface area is 172 Å². The summed E-state index contributed by atoms with van der Waals surface area (Å²) >= 11 is 8.63. The second-order valence-electron chi connectivity index (χ2n) is 5.67. The van der Waals surface area contributed by atoms with Crippen molar-refractivity contribution >= 4 is 45.2 Å². The van der Waals surface area contributed by atoms with Crippen LogP contribution in [0.15, 0.2) is 88.4 Å². The van der Waals surface area contributed by atoms with Crippen LogP contribution in [0.3, 0.4) is 0 Å². The van der Waals surface area contributed by atoms with Gasteiger partial charge in [0.25, 0.3) is 0 Å². The van der Waals surface area contributed by atoms with Crippen LogP contribution in [-0.2, 0) is 6.61 Å². The average molecular weight is 440 g/mol. The van der Waals surface area contributed by atoms with Gasteiger partial charge in [0.1, 0.15) is 12.4 Å². The van der Waals surface area contributed by atoms with Gasteiger partial charge in [-0.1, -0.05) is 46.3 Å². The minimum atomic E-state index is 0.437. The van der Waals surface area contributed by atoms with Crippen molar-refractivity contribution in [2.24, 2.45) is 5.10 Å². The lowest BCUT2D eigenvalue weighted by molar-refractivity contribution is 0.306. The van der Waals surface area contributed by atoms with E-state index in [9.17, 15) is 0 Å². The highest BCUT2D eigenvalue weighted by atomic mass is 79.9. The second kappa shape index (κ2) is 9.85. The van der Waals surface area contributed by atoms with E-state index in [1.54, 1.807) is 6.21 Å². The van der Waals surface area contributed by atoms with E-state index in [0.717, 1.165) is 27.0 Å². The molecule has 3 aromatic carbocycles. The molecule has 3 rings (SSSR count). The van der Waals surface area contributed by atoms with Gasteiger partial charge in [0, 0.05) is 10.2 Å².